The van der Waals surface area contributed by atoms with Crippen molar-refractivity contribution in [1.29, 1.82) is 0 Å². The smallest absolute Gasteiger partial charge is 0.205 e. The normalized spacial score (nSPS) is 20.3. The van der Waals surface area contributed by atoms with Gasteiger partial charge in [0.2, 0.25) is 5.13 Å². The first kappa shape index (κ1) is 14.7. The van der Waals surface area contributed by atoms with E-state index in [-0.39, 0.29) is 0 Å². The Morgan fingerprint density at radius 2 is 2.26 bits per heavy atom. The highest BCUT2D eigenvalue weighted by Crippen LogP contribution is 2.20. The van der Waals surface area contributed by atoms with Gasteiger partial charge in [0, 0.05) is 19.1 Å². The Labute approximate surface area is 120 Å². The van der Waals surface area contributed by atoms with Crippen molar-refractivity contribution in [2.45, 2.75) is 39.3 Å². The van der Waals surface area contributed by atoms with Gasteiger partial charge in [0.15, 0.2) is 0 Å². The summed E-state index contributed by atoms with van der Waals surface area (Å²) in [5.41, 5.74) is 0. The summed E-state index contributed by atoms with van der Waals surface area (Å²) in [4.78, 5) is 4.95. The van der Waals surface area contributed by atoms with Gasteiger partial charge in [-0.05, 0) is 39.9 Å². The summed E-state index contributed by atoms with van der Waals surface area (Å²) in [6.45, 7) is 9.69. The summed E-state index contributed by atoms with van der Waals surface area (Å²) < 4.78 is 0. The molecule has 0 radical (unpaired) electrons. The maximum Gasteiger partial charge on any atom is 0.205 e. The van der Waals surface area contributed by atoms with Gasteiger partial charge in [0.1, 0.15) is 5.01 Å². The maximum atomic E-state index is 4.24. The monoisotopic (exact) mass is 283 g/mol. The Hall–Kier alpha value is -0.720. The number of hydrogen-bond acceptors (Lipinski definition) is 6. The highest BCUT2D eigenvalue weighted by molar-refractivity contribution is 7.15. The van der Waals surface area contributed by atoms with E-state index < -0.39 is 0 Å². The van der Waals surface area contributed by atoms with E-state index in [4.69, 9.17) is 0 Å². The van der Waals surface area contributed by atoms with E-state index >= 15 is 0 Å². The van der Waals surface area contributed by atoms with Gasteiger partial charge >= 0.3 is 0 Å². The number of hydrogen-bond donors (Lipinski definition) is 1. The fourth-order valence-corrected chi connectivity index (χ4v) is 3.60. The fourth-order valence-electron chi connectivity index (χ4n) is 2.71. The second-order valence-corrected chi connectivity index (χ2v) is 6.21. The molecule has 108 valence electrons. The van der Waals surface area contributed by atoms with Crippen LogP contribution in [0.3, 0.4) is 0 Å². The Kier molecular flexibility index (Phi) is 5.54. The molecule has 0 bridgehead atoms. The number of aromatic nitrogens is 2. The molecule has 0 spiro atoms. The predicted octanol–water partition coefficient (Wildman–Crippen LogP) is 1.89. The summed E-state index contributed by atoms with van der Waals surface area (Å²) >= 11 is 1.66. The van der Waals surface area contributed by atoms with Crippen molar-refractivity contribution in [3.05, 3.63) is 5.01 Å². The van der Waals surface area contributed by atoms with Crippen LogP contribution in [0.5, 0.6) is 0 Å². The van der Waals surface area contributed by atoms with Crippen LogP contribution in [0.25, 0.3) is 0 Å². The van der Waals surface area contributed by atoms with Crippen molar-refractivity contribution in [1.82, 2.24) is 20.0 Å². The molecule has 1 atom stereocenters. The van der Waals surface area contributed by atoms with Gasteiger partial charge in [-0.3, -0.25) is 9.80 Å². The second-order valence-electron chi connectivity index (χ2n) is 5.15. The van der Waals surface area contributed by atoms with Gasteiger partial charge in [0.05, 0.1) is 6.54 Å². The largest absolute Gasteiger partial charge is 0.360 e. The molecule has 0 amide bonds. The third-order valence-corrected chi connectivity index (χ3v) is 4.49. The lowest BCUT2D eigenvalue weighted by Crippen LogP contribution is -2.38. The molecule has 5 nitrogen and oxygen atoms in total. The lowest BCUT2D eigenvalue weighted by molar-refractivity contribution is 0.194. The molecule has 0 aromatic carbocycles. The van der Waals surface area contributed by atoms with E-state index in [9.17, 15) is 0 Å². The van der Waals surface area contributed by atoms with Crippen molar-refractivity contribution in [2.75, 3.05) is 38.5 Å². The lowest BCUT2D eigenvalue weighted by Gasteiger charge is -2.27. The minimum absolute atomic E-state index is 0.719. The molecular formula is C13H25N5S. The molecule has 6 heteroatoms. The zero-order valence-electron chi connectivity index (χ0n) is 12.2. The molecule has 1 aromatic rings. The van der Waals surface area contributed by atoms with Crippen molar-refractivity contribution >= 4 is 16.5 Å². The molecule has 0 aliphatic carbocycles. The highest BCUT2D eigenvalue weighted by atomic mass is 32.1. The molecule has 1 saturated heterocycles. The van der Waals surface area contributed by atoms with Crippen LogP contribution < -0.4 is 5.32 Å². The van der Waals surface area contributed by atoms with Crippen molar-refractivity contribution < 1.29 is 0 Å². The van der Waals surface area contributed by atoms with E-state index in [0.717, 1.165) is 35.8 Å². The van der Waals surface area contributed by atoms with Crippen LogP contribution in [0.2, 0.25) is 0 Å². The first-order valence-electron chi connectivity index (χ1n) is 7.21. The number of rotatable bonds is 7. The average molecular weight is 283 g/mol. The van der Waals surface area contributed by atoms with Gasteiger partial charge in [-0.1, -0.05) is 18.3 Å². The summed E-state index contributed by atoms with van der Waals surface area (Å²) in [6, 6.07) is 0.719. The van der Waals surface area contributed by atoms with Gasteiger partial charge in [0.25, 0.3) is 0 Å². The zero-order valence-corrected chi connectivity index (χ0v) is 13.0. The molecule has 0 saturated carbocycles. The van der Waals surface area contributed by atoms with Crippen LogP contribution in [-0.4, -0.2) is 59.3 Å². The van der Waals surface area contributed by atoms with Crippen molar-refractivity contribution in [3.8, 4) is 0 Å². The molecule has 1 aliphatic rings. The molecular weight excluding hydrogens is 258 g/mol. The van der Waals surface area contributed by atoms with Gasteiger partial charge in [-0.25, -0.2) is 0 Å². The van der Waals surface area contributed by atoms with Crippen LogP contribution in [0, 0.1) is 0 Å². The van der Waals surface area contributed by atoms with Crippen LogP contribution in [0.1, 0.15) is 31.7 Å². The highest BCUT2D eigenvalue weighted by Gasteiger charge is 2.24. The number of likely N-dealkylation sites (N-methyl/N-ethyl adjacent to an activating group) is 2. The Balaban J connectivity index is 1.81. The molecule has 1 aliphatic heterocycles. The van der Waals surface area contributed by atoms with E-state index in [1.807, 2.05) is 0 Å². The minimum atomic E-state index is 0.719. The zero-order chi connectivity index (χ0) is 13.7. The fraction of sp³-hybridized carbons (Fsp3) is 0.846. The molecule has 1 fully saturated rings. The van der Waals surface area contributed by atoms with Crippen LogP contribution >= 0.6 is 11.3 Å². The van der Waals surface area contributed by atoms with Crippen molar-refractivity contribution in [3.63, 3.8) is 0 Å². The Morgan fingerprint density at radius 1 is 1.42 bits per heavy atom. The third-order valence-electron chi connectivity index (χ3n) is 3.63. The molecule has 19 heavy (non-hydrogen) atoms. The summed E-state index contributed by atoms with van der Waals surface area (Å²) in [5.74, 6) is 0. The van der Waals surface area contributed by atoms with Gasteiger partial charge in [-0.15, -0.1) is 10.2 Å². The maximum absolute atomic E-state index is 4.24. The van der Waals surface area contributed by atoms with Crippen LogP contribution in [-0.2, 0) is 6.54 Å². The van der Waals surface area contributed by atoms with E-state index in [0.29, 0.717) is 0 Å². The van der Waals surface area contributed by atoms with E-state index in [1.54, 1.807) is 11.3 Å². The second kappa shape index (κ2) is 7.17. The molecule has 2 heterocycles. The quantitative estimate of drug-likeness (QED) is 0.828. The number of anilines is 1. The molecule has 1 N–H and O–H groups in total. The van der Waals surface area contributed by atoms with Crippen LogP contribution in [0.4, 0.5) is 5.13 Å². The molecule has 2 rings (SSSR count). The van der Waals surface area contributed by atoms with Gasteiger partial charge in [-0.2, -0.15) is 0 Å². The third kappa shape index (κ3) is 4.12. The number of nitrogens with one attached hydrogen (secondary N) is 1. The first-order chi connectivity index (χ1) is 9.22. The Morgan fingerprint density at radius 3 is 3.00 bits per heavy atom. The molecule has 1 unspecified atom stereocenters. The Bertz CT molecular complexity index is 381. The summed E-state index contributed by atoms with van der Waals surface area (Å²) in [5, 5.41) is 13.6. The number of likely N-dealkylation sites (tertiary alicyclic amines) is 1. The van der Waals surface area contributed by atoms with E-state index in [2.05, 4.69) is 46.2 Å². The lowest BCUT2D eigenvalue weighted by atomic mass is 10.2. The standard InChI is InChI=1S/C13H25N5S/c1-4-14-13-16-15-12(19-13)10-17(3)9-11-7-6-8-18(11)5-2/h11H,4-10H2,1-3H3,(H,14,16). The topological polar surface area (TPSA) is 44.3 Å². The van der Waals surface area contributed by atoms with Crippen LogP contribution in [0.15, 0.2) is 0 Å². The first-order valence-corrected chi connectivity index (χ1v) is 8.03. The van der Waals surface area contributed by atoms with Gasteiger partial charge < -0.3 is 5.32 Å². The SMILES string of the molecule is CCNc1nnc(CN(C)CC2CCCN2CC)s1. The number of nitrogens with zero attached hydrogens (tertiary/aromatic N) is 4. The average Bonchev–Trinajstić information content (AvgIpc) is 2.99. The molecule has 1 aromatic heterocycles. The van der Waals surface area contributed by atoms with E-state index in [1.165, 1.54) is 25.9 Å². The summed E-state index contributed by atoms with van der Waals surface area (Å²) in [6.07, 6.45) is 2.67. The predicted molar refractivity (Wildman–Crippen MR) is 80.7 cm³/mol. The van der Waals surface area contributed by atoms with Crippen molar-refractivity contribution in [2.24, 2.45) is 0 Å². The minimum Gasteiger partial charge on any atom is -0.360 e. The summed E-state index contributed by atoms with van der Waals surface area (Å²) in [7, 11) is 2.18.